The van der Waals surface area contributed by atoms with Gasteiger partial charge in [-0.1, -0.05) is 23.7 Å². The van der Waals surface area contributed by atoms with Gasteiger partial charge in [0, 0.05) is 31.7 Å². The summed E-state index contributed by atoms with van der Waals surface area (Å²) in [5.41, 5.74) is -0.415. The number of piperazine rings is 1. The van der Waals surface area contributed by atoms with Crippen LogP contribution in [0.3, 0.4) is 0 Å². The minimum Gasteiger partial charge on any atom is -0.314 e. The molecule has 1 heterocycles. The molecular formula is C12H13ClF4N2. The molecule has 0 saturated carbocycles. The Kier molecular flexibility index (Phi) is 4.32. The van der Waals surface area contributed by atoms with Crippen LogP contribution in [-0.4, -0.2) is 37.3 Å². The molecule has 1 aromatic carbocycles. The second kappa shape index (κ2) is 5.64. The fraction of sp³-hybridized carbons (Fsp3) is 0.500. The summed E-state index contributed by atoms with van der Waals surface area (Å²) in [5.74, 6) is -0.995. The van der Waals surface area contributed by atoms with Crippen molar-refractivity contribution in [2.45, 2.75) is 12.2 Å². The van der Waals surface area contributed by atoms with Crippen LogP contribution in [0, 0.1) is 5.82 Å². The minimum atomic E-state index is -4.54. The average molecular weight is 297 g/mol. The van der Waals surface area contributed by atoms with Crippen LogP contribution in [0.25, 0.3) is 0 Å². The Balaban J connectivity index is 2.40. The van der Waals surface area contributed by atoms with E-state index in [-0.39, 0.29) is 18.1 Å². The first kappa shape index (κ1) is 14.6. The third-order valence-corrected chi connectivity index (χ3v) is 3.39. The van der Waals surface area contributed by atoms with Gasteiger partial charge in [0.05, 0.1) is 5.02 Å². The molecule has 1 saturated heterocycles. The van der Waals surface area contributed by atoms with E-state index in [1.165, 1.54) is 17.0 Å². The van der Waals surface area contributed by atoms with Crippen molar-refractivity contribution in [3.8, 4) is 0 Å². The Morgan fingerprint density at radius 3 is 2.42 bits per heavy atom. The van der Waals surface area contributed by atoms with Crippen LogP contribution in [0.2, 0.25) is 5.02 Å². The van der Waals surface area contributed by atoms with Gasteiger partial charge in [-0.3, -0.25) is 4.90 Å². The van der Waals surface area contributed by atoms with Gasteiger partial charge < -0.3 is 5.32 Å². The van der Waals surface area contributed by atoms with E-state index in [1.54, 1.807) is 0 Å². The normalized spacial score (nSPS) is 19.4. The van der Waals surface area contributed by atoms with E-state index in [2.05, 4.69) is 5.32 Å². The standard InChI is InChI=1S/C12H13ClF4N2/c13-9-3-1-2-8(10(9)14)11(12(15,16)17)19-6-4-18-5-7-19/h1-3,11,18H,4-7H2/t11-/m1/s1. The van der Waals surface area contributed by atoms with Crippen LogP contribution in [0.5, 0.6) is 0 Å². The maximum Gasteiger partial charge on any atom is 0.408 e. The van der Waals surface area contributed by atoms with E-state index >= 15 is 0 Å². The Morgan fingerprint density at radius 1 is 1.21 bits per heavy atom. The lowest BCUT2D eigenvalue weighted by molar-refractivity contribution is -0.188. The van der Waals surface area contributed by atoms with Gasteiger partial charge >= 0.3 is 6.18 Å². The highest BCUT2D eigenvalue weighted by Crippen LogP contribution is 2.39. The highest BCUT2D eigenvalue weighted by molar-refractivity contribution is 6.30. The molecule has 0 unspecified atom stereocenters. The monoisotopic (exact) mass is 296 g/mol. The summed E-state index contributed by atoms with van der Waals surface area (Å²) in [5, 5.41) is 2.68. The first-order valence-corrected chi connectivity index (χ1v) is 6.24. The van der Waals surface area contributed by atoms with Crippen molar-refractivity contribution in [2.24, 2.45) is 0 Å². The predicted octanol–water partition coefficient (Wildman–Crippen LogP) is 2.99. The molecule has 0 bridgehead atoms. The highest BCUT2D eigenvalue weighted by atomic mass is 35.5. The number of hydrogen-bond acceptors (Lipinski definition) is 2. The lowest BCUT2D eigenvalue weighted by Crippen LogP contribution is -2.49. The van der Waals surface area contributed by atoms with E-state index in [4.69, 9.17) is 11.6 Å². The maximum absolute atomic E-state index is 13.9. The first-order chi connectivity index (χ1) is 8.91. The van der Waals surface area contributed by atoms with Gasteiger partial charge in [-0.2, -0.15) is 13.2 Å². The number of rotatable bonds is 2. The van der Waals surface area contributed by atoms with E-state index in [0.29, 0.717) is 13.1 Å². The second-order valence-corrected chi connectivity index (χ2v) is 4.78. The van der Waals surface area contributed by atoms with Crippen molar-refractivity contribution in [3.63, 3.8) is 0 Å². The zero-order valence-corrected chi connectivity index (χ0v) is 10.7. The summed E-state index contributed by atoms with van der Waals surface area (Å²) >= 11 is 5.57. The largest absolute Gasteiger partial charge is 0.408 e. The molecule has 19 heavy (non-hydrogen) atoms. The zero-order chi connectivity index (χ0) is 14.0. The van der Waals surface area contributed by atoms with E-state index in [1.807, 2.05) is 0 Å². The lowest BCUT2D eigenvalue weighted by atomic mass is 10.0. The molecule has 0 aromatic heterocycles. The van der Waals surface area contributed by atoms with Gasteiger partial charge in [0.1, 0.15) is 11.9 Å². The molecule has 1 aliphatic rings. The van der Waals surface area contributed by atoms with E-state index in [0.717, 1.165) is 6.07 Å². The van der Waals surface area contributed by atoms with Gasteiger partial charge in [-0.25, -0.2) is 4.39 Å². The molecule has 0 amide bonds. The molecule has 0 radical (unpaired) electrons. The molecule has 1 fully saturated rings. The summed E-state index contributed by atoms with van der Waals surface area (Å²) < 4.78 is 53.6. The summed E-state index contributed by atoms with van der Waals surface area (Å²) in [7, 11) is 0. The number of nitrogens with zero attached hydrogens (tertiary/aromatic N) is 1. The van der Waals surface area contributed by atoms with Crippen molar-refractivity contribution >= 4 is 11.6 Å². The Bertz CT molecular complexity index is 444. The van der Waals surface area contributed by atoms with Crippen LogP contribution in [-0.2, 0) is 0 Å². The van der Waals surface area contributed by atoms with Gasteiger partial charge in [-0.05, 0) is 6.07 Å². The van der Waals surface area contributed by atoms with Crippen LogP contribution in [0.15, 0.2) is 18.2 Å². The third-order valence-electron chi connectivity index (χ3n) is 3.10. The molecule has 7 heteroatoms. The fourth-order valence-corrected chi connectivity index (χ4v) is 2.43. The number of hydrogen-bond donors (Lipinski definition) is 1. The zero-order valence-electron chi connectivity index (χ0n) is 9.97. The Hall–Kier alpha value is -0.850. The van der Waals surface area contributed by atoms with Crippen LogP contribution >= 0.6 is 11.6 Å². The SMILES string of the molecule is Fc1c(Cl)cccc1[C@@H](N1CCNCC1)C(F)(F)F. The molecule has 1 atom stereocenters. The molecule has 0 aliphatic carbocycles. The van der Waals surface area contributed by atoms with Gasteiger partial charge in [0.2, 0.25) is 0 Å². The molecule has 1 aliphatic heterocycles. The second-order valence-electron chi connectivity index (χ2n) is 4.37. The molecule has 2 rings (SSSR count). The minimum absolute atomic E-state index is 0.218. The van der Waals surface area contributed by atoms with Crippen LogP contribution < -0.4 is 5.32 Å². The molecular weight excluding hydrogens is 284 g/mol. The van der Waals surface area contributed by atoms with Gasteiger partial charge in [0.15, 0.2) is 0 Å². The average Bonchev–Trinajstić information content (AvgIpc) is 2.35. The van der Waals surface area contributed by atoms with Crippen molar-refractivity contribution in [3.05, 3.63) is 34.6 Å². The van der Waals surface area contributed by atoms with E-state index in [9.17, 15) is 17.6 Å². The number of alkyl halides is 3. The lowest BCUT2D eigenvalue weighted by Gasteiger charge is -2.36. The van der Waals surface area contributed by atoms with E-state index < -0.39 is 23.6 Å². The highest BCUT2D eigenvalue weighted by Gasteiger charge is 2.46. The summed E-state index contributed by atoms with van der Waals surface area (Å²) in [6, 6.07) is 1.77. The van der Waals surface area contributed by atoms with Gasteiger partial charge in [-0.15, -0.1) is 0 Å². The summed E-state index contributed by atoms with van der Waals surface area (Å²) in [6.07, 6.45) is -4.54. The molecule has 1 N–H and O–H groups in total. The van der Waals surface area contributed by atoms with Crippen molar-refractivity contribution in [1.82, 2.24) is 10.2 Å². The first-order valence-electron chi connectivity index (χ1n) is 5.86. The van der Waals surface area contributed by atoms with Crippen molar-refractivity contribution < 1.29 is 17.6 Å². The van der Waals surface area contributed by atoms with Crippen molar-refractivity contribution in [2.75, 3.05) is 26.2 Å². The fourth-order valence-electron chi connectivity index (χ4n) is 2.25. The smallest absolute Gasteiger partial charge is 0.314 e. The summed E-state index contributed by atoms with van der Waals surface area (Å²) in [4.78, 5) is 1.23. The number of benzene rings is 1. The topological polar surface area (TPSA) is 15.3 Å². The quantitative estimate of drug-likeness (QED) is 0.844. The Labute approximate surface area is 113 Å². The molecule has 106 valence electrons. The number of nitrogens with one attached hydrogen (secondary N) is 1. The molecule has 1 aromatic rings. The van der Waals surface area contributed by atoms with Crippen LogP contribution in [0.4, 0.5) is 17.6 Å². The number of halogens is 5. The third kappa shape index (κ3) is 3.19. The summed E-state index contributed by atoms with van der Waals surface area (Å²) in [6.45, 7) is 1.34. The van der Waals surface area contributed by atoms with Gasteiger partial charge in [0.25, 0.3) is 0 Å². The van der Waals surface area contributed by atoms with Crippen molar-refractivity contribution in [1.29, 1.82) is 0 Å². The maximum atomic E-state index is 13.9. The van der Waals surface area contributed by atoms with Crippen LogP contribution in [0.1, 0.15) is 11.6 Å². The molecule has 2 nitrogen and oxygen atoms in total. The molecule has 0 spiro atoms. The Morgan fingerprint density at radius 2 is 1.84 bits per heavy atom. The predicted molar refractivity (Wildman–Crippen MR) is 64.6 cm³/mol.